The lowest BCUT2D eigenvalue weighted by atomic mass is 9.65. The van der Waals surface area contributed by atoms with Crippen LogP contribution in [0.2, 0.25) is 0 Å². The molecule has 2 aliphatic carbocycles. The summed E-state index contributed by atoms with van der Waals surface area (Å²) in [6, 6.07) is 18.7. The fourth-order valence-electron chi connectivity index (χ4n) is 6.20. The van der Waals surface area contributed by atoms with Gasteiger partial charge in [-0.15, -0.1) is 0 Å². The molecule has 2 aromatic rings. The summed E-state index contributed by atoms with van der Waals surface area (Å²) in [5.41, 5.74) is 6.89. The SMILES string of the molecule is CCC(CC)CN1CC2c3ccccc3C3CC2(C1)c1ccccc13. The van der Waals surface area contributed by atoms with Gasteiger partial charge in [-0.05, 0) is 34.6 Å². The number of fused-ring (bicyclic) bond motifs is 3. The van der Waals surface area contributed by atoms with Gasteiger partial charge < -0.3 is 4.90 Å². The molecule has 25 heavy (non-hydrogen) atoms. The van der Waals surface area contributed by atoms with Crippen LogP contribution in [0.25, 0.3) is 0 Å². The van der Waals surface area contributed by atoms with Gasteiger partial charge in [-0.2, -0.15) is 0 Å². The highest BCUT2D eigenvalue weighted by atomic mass is 15.2. The number of likely N-dealkylation sites (tertiary alicyclic amines) is 1. The lowest BCUT2D eigenvalue weighted by Gasteiger charge is -2.37. The molecule has 3 atom stereocenters. The zero-order valence-electron chi connectivity index (χ0n) is 15.5. The molecule has 0 N–H and O–H groups in total. The number of rotatable bonds is 4. The van der Waals surface area contributed by atoms with Crippen LogP contribution in [0.4, 0.5) is 0 Å². The molecule has 3 unspecified atom stereocenters. The third-order valence-corrected chi connectivity index (χ3v) is 7.47. The van der Waals surface area contributed by atoms with Crippen LogP contribution in [0.5, 0.6) is 0 Å². The third kappa shape index (κ3) is 2.11. The molecular formula is C24H29N. The first-order valence-corrected chi connectivity index (χ1v) is 10.2. The highest BCUT2D eigenvalue weighted by Gasteiger charge is 2.57. The van der Waals surface area contributed by atoms with E-state index in [0.717, 1.165) is 5.92 Å². The van der Waals surface area contributed by atoms with E-state index in [0.29, 0.717) is 17.3 Å². The molecule has 1 saturated heterocycles. The molecule has 1 nitrogen and oxygen atoms in total. The van der Waals surface area contributed by atoms with E-state index < -0.39 is 0 Å². The number of benzene rings is 2. The minimum absolute atomic E-state index is 0.363. The number of hydrogen-bond donors (Lipinski definition) is 0. The van der Waals surface area contributed by atoms with Gasteiger partial charge in [-0.25, -0.2) is 0 Å². The summed E-state index contributed by atoms with van der Waals surface area (Å²) in [5.74, 6) is 2.15. The third-order valence-electron chi connectivity index (χ3n) is 7.47. The molecular weight excluding hydrogens is 302 g/mol. The average Bonchev–Trinajstić information content (AvgIpc) is 3.18. The molecule has 1 heteroatoms. The highest BCUT2D eigenvalue weighted by Crippen LogP contribution is 2.63. The van der Waals surface area contributed by atoms with Crippen LogP contribution < -0.4 is 0 Å². The van der Waals surface area contributed by atoms with E-state index in [4.69, 9.17) is 0 Å². The van der Waals surface area contributed by atoms with Gasteiger partial charge in [0.25, 0.3) is 0 Å². The quantitative estimate of drug-likeness (QED) is 0.734. The van der Waals surface area contributed by atoms with Gasteiger partial charge in [0.2, 0.25) is 0 Å². The molecule has 3 aliphatic rings. The Morgan fingerprint density at radius 2 is 1.64 bits per heavy atom. The van der Waals surface area contributed by atoms with Gasteiger partial charge in [0.05, 0.1) is 0 Å². The Morgan fingerprint density at radius 1 is 0.960 bits per heavy atom. The molecule has 2 aromatic carbocycles. The Labute approximate surface area is 152 Å². The van der Waals surface area contributed by atoms with E-state index in [1.165, 1.54) is 38.9 Å². The molecule has 1 spiro atoms. The van der Waals surface area contributed by atoms with Crippen LogP contribution in [-0.4, -0.2) is 24.5 Å². The van der Waals surface area contributed by atoms with Crippen LogP contribution in [0, 0.1) is 5.92 Å². The van der Waals surface area contributed by atoms with Crippen molar-refractivity contribution in [2.45, 2.75) is 50.4 Å². The summed E-state index contributed by atoms with van der Waals surface area (Å²) >= 11 is 0. The number of nitrogens with zero attached hydrogens (tertiary/aromatic N) is 1. The van der Waals surface area contributed by atoms with E-state index in [1.807, 2.05) is 0 Å². The monoisotopic (exact) mass is 331 g/mol. The normalized spacial score (nSPS) is 29.6. The van der Waals surface area contributed by atoms with Crippen molar-refractivity contribution in [1.82, 2.24) is 4.90 Å². The minimum atomic E-state index is 0.363. The van der Waals surface area contributed by atoms with Crippen molar-refractivity contribution < 1.29 is 0 Å². The van der Waals surface area contributed by atoms with Crippen molar-refractivity contribution in [3.63, 3.8) is 0 Å². The predicted octanol–water partition coefficient (Wildman–Crippen LogP) is 5.31. The van der Waals surface area contributed by atoms with Crippen LogP contribution in [0.1, 0.15) is 67.2 Å². The summed E-state index contributed by atoms with van der Waals surface area (Å²) in [6.45, 7) is 8.49. The topological polar surface area (TPSA) is 3.24 Å². The largest absolute Gasteiger partial charge is 0.302 e. The first-order chi connectivity index (χ1) is 12.3. The van der Waals surface area contributed by atoms with Crippen molar-refractivity contribution in [1.29, 1.82) is 0 Å². The van der Waals surface area contributed by atoms with E-state index in [9.17, 15) is 0 Å². The van der Waals surface area contributed by atoms with Crippen molar-refractivity contribution in [2.75, 3.05) is 19.6 Å². The van der Waals surface area contributed by atoms with Gasteiger partial charge in [0.1, 0.15) is 0 Å². The Morgan fingerprint density at radius 3 is 2.40 bits per heavy atom. The molecule has 2 bridgehead atoms. The van der Waals surface area contributed by atoms with E-state index in [1.54, 1.807) is 22.3 Å². The van der Waals surface area contributed by atoms with Crippen LogP contribution in [0.15, 0.2) is 48.5 Å². The molecule has 0 saturated carbocycles. The van der Waals surface area contributed by atoms with Gasteiger partial charge in [-0.3, -0.25) is 0 Å². The molecule has 1 aliphatic heterocycles. The summed E-state index contributed by atoms with van der Waals surface area (Å²) in [7, 11) is 0. The number of hydrogen-bond acceptors (Lipinski definition) is 1. The summed E-state index contributed by atoms with van der Waals surface area (Å²) in [6.07, 6.45) is 3.94. The fourth-order valence-corrected chi connectivity index (χ4v) is 6.20. The molecule has 5 rings (SSSR count). The van der Waals surface area contributed by atoms with E-state index in [2.05, 4.69) is 67.3 Å². The molecule has 130 valence electrons. The van der Waals surface area contributed by atoms with Gasteiger partial charge >= 0.3 is 0 Å². The van der Waals surface area contributed by atoms with E-state index in [-0.39, 0.29) is 0 Å². The first-order valence-electron chi connectivity index (χ1n) is 10.2. The standard InChI is InChI=1S/C24H29N/c1-3-17(4-2)14-25-15-23-19-10-6-5-9-18(19)21-13-24(23,16-25)22-12-8-7-11-20(21)22/h5-12,17,21,23H,3-4,13-16H2,1-2H3. The second-order valence-corrected chi connectivity index (χ2v) is 8.56. The minimum Gasteiger partial charge on any atom is -0.302 e. The van der Waals surface area contributed by atoms with Crippen LogP contribution >= 0.6 is 0 Å². The van der Waals surface area contributed by atoms with Crippen molar-refractivity contribution in [3.05, 3.63) is 70.8 Å². The van der Waals surface area contributed by atoms with E-state index >= 15 is 0 Å². The zero-order valence-corrected chi connectivity index (χ0v) is 15.5. The Kier molecular flexibility index (Phi) is 3.57. The lowest BCUT2D eigenvalue weighted by Crippen LogP contribution is -2.35. The lowest BCUT2D eigenvalue weighted by molar-refractivity contribution is 0.251. The van der Waals surface area contributed by atoms with Gasteiger partial charge in [-0.1, -0.05) is 75.2 Å². The van der Waals surface area contributed by atoms with Crippen molar-refractivity contribution in [2.24, 2.45) is 5.92 Å². The second kappa shape index (κ2) is 5.71. The first kappa shape index (κ1) is 15.6. The predicted molar refractivity (Wildman–Crippen MR) is 104 cm³/mol. The van der Waals surface area contributed by atoms with Gasteiger partial charge in [0, 0.05) is 36.9 Å². The summed E-state index contributed by atoms with van der Waals surface area (Å²) in [5, 5.41) is 0. The maximum atomic E-state index is 2.80. The average molecular weight is 332 g/mol. The van der Waals surface area contributed by atoms with Crippen molar-refractivity contribution >= 4 is 0 Å². The van der Waals surface area contributed by atoms with Crippen LogP contribution in [0.3, 0.4) is 0 Å². The maximum Gasteiger partial charge on any atom is 0.0173 e. The molecule has 0 amide bonds. The molecule has 0 radical (unpaired) electrons. The second-order valence-electron chi connectivity index (χ2n) is 8.56. The molecule has 0 aromatic heterocycles. The fraction of sp³-hybridized carbons (Fsp3) is 0.500. The Hall–Kier alpha value is -1.60. The van der Waals surface area contributed by atoms with Gasteiger partial charge in [0.15, 0.2) is 0 Å². The van der Waals surface area contributed by atoms with Crippen LogP contribution in [-0.2, 0) is 5.41 Å². The smallest absolute Gasteiger partial charge is 0.0173 e. The Bertz CT molecular complexity index is 779. The summed E-state index contributed by atoms with van der Waals surface area (Å²) in [4.78, 5) is 2.80. The molecule has 1 fully saturated rings. The van der Waals surface area contributed by atoms with Crippen molar-refractivity contribution in [3.8, 4) is 0 Å². The summed E-state index contributed by atoms with van der Waals surface area (Å²) < 4.78 is 0. The zero-order chi connectivity index (χ0) is 17.0. The molecule has 1 heterocycles. The Balaban J connectivity index is 1.61. The maximum absolute atomic E-state index is 2.80. The highest BCUT2D eigenvalue weighted by molar-refractivity contribution is 5.58.